The van der Waals surface area contributed by atoms with E-state index < -0.39 is 10.0 Å². The summed E-state index contributed by atoms with van der Waals surface area (Å²) >= 11 is 0. The lowest BCUT2D eigenvalue weighted by atomic mass is 10.2. The summed E-state index contributed by atoms with van der Waals surface area (Å²) in [5.41, 5.74) is 2.32. The van der Waals surface area contributed by atoms with E-state index in [1.807, 2.05) is 41.8 Å². The Morgan fingerprint density at radius 3 is 2.50 bits per heavy atom. The van der Waals surface area contributed by atoms with Gasteiger partial charge >= 0.3 is 0 Å². The fraction of sp³-hybridized carbons (Fsp3) is 0.348. The molecule has 0 aliphatic carbocycles. The van der Waals surface area contributed by atoms with Gasteiger partial charge in [-0.1, -0.05) is 5.16 Å². The lowest BCUT2D eigenvalue weighted by molar-refractivity contribution is 0.0730. The average Bonchev–Trinajstić information content (AvgIpc) is 3.46. The van der Waals surface area contributed by atoms with Crippen LogP contribution < -0.4 is 4.74 Å². The summed E-state index contributed by atoms with van der Waals surface area (Å²) in [6, 6.07) is 12.5. The van der Waals surface area contributed by atoms with E-state index in [-0.39, 0.29) is 11.5 Å². The van der Waals surface area contributed by atoms with E-state index in [0.717, 1.165) is 16.9 Å². The van der Waals surface area contributed by atoms with Gasteiger partial charge in [-0.2, -0.15) is 9.29 Å². The number of nitrogens with zero attached hydrogens (tertiary/aromatic N) is 5. The number of hydrogen-bond acceptors (Lipinski definition) is 8. The summed E-state index contributed by atoms with van der Waals surface area (Å²) in [7, 11) is -3.59. The van der Waals surface area contributed by atoms with Crippen LogP contribution in [0.15, 0.2) is 51.9 Å². The lowest BCUT2D eigenvalue weighted by Gasteiger charge is -2.26. The van der Waals surface area contributed by atoms with Crippen LogP contribution in [0.3, 0.4) is 0 Å². The smallest absolute Gasteiger partial charge is 0.243 e. The first-order valence-electron chi connectivity index (χ1n) is 11.1. The Hall–Kier alpha value is -3.28. The van der Waals surface area contributed by atoms with Gasteiger partial charge in [0.25, 0.3) is 0 Å². The predicted octanol–water partition coefficient (Wildman–Crippen LogP) is 3.01. The number of fused-ring (bicyclic) bond motifs is 1. The molecule has 0 atom stereocenters. The molecule has 2 aromatic heterocycles. The molecule has 178 valence electrons. The monoisotopic (exact) mass is 483 g/mol. The standard InChI is InChI=1S/C23H25N5O5S/c1-3-28-21-9-8-19(34(29,30)27-10-12-31-13-11-27)14-20(21)25-22(28)15-32-18-6-4-17(5-7-18)23-24-16(2)33-26-23/h4-9,14H,3,10-13,15H2,1-2H3. The van der Waals surface area contributed by atoms with Crippen molar-refractivity contribution in [3.8, 4) is 17.1 Å². The Labute approximate surface area is 197 Å². The van der Waals surface area contributed by atoms with Gasteiger partial charge in [-0.3, -0.25) is 0 Å². The van der Waals surface area contributed by atoms with E-state index >= 15 is 0 Å². The third-order valence-corrected chi connectivity index (χ3v) is 7.63. The molecule has 34 heavy (non-hydrogen) atoms. The number of aryl methyl sites for hydroxylation is 2. The fourth-order valence-corrected chi connectivity index (χ4v) is 5.41. The number of imidazole rings is 1. The lowest BCUT2D eigenvalue weighted by Crippen LogP contribution is -2.40. The topological polar surface area (TPSA) is 113 Å². The molecule has 1 aliphatic rings. The first-order valence-corrected chi connectivity index (χ1v) is 12.5. The van der Waals surface area contributed by atoms with Crippen LogP contribution in [0.25, 0.3) is 22.4 Å². The van der Waals surface area contributed by atoms with Crippen molar-refractivity contribution >= 4 is 21.1 Å². The van der Waals surface area contributed by atoms with E-state index in [4.69, 9.17) is 14.0 Å². The Bertz CT molecular complexity index is 1410. The first-order chi connectivity index (χ1) is 16.5. The van der Waals surface area contributed by atoms with Gasteiger partial charge in [0.15, 0.2) is 0 Å². The number of morpholine rings is 1. The molecule has 11 heteroatoms. The molecule has 0 N–H and O–H groups in total. The van der Waals surface area contributed by atoms with Crippen LogP contribution in [0.4, 0.5) is 0 Å². The van der Waals surface area contributed by atoms with Gasteiger partial charge < -0.3 is 18.6 Å². The van der Waals surface area contributed by atoms with Gasteiger partial charge in [-0.05, 0) is 49.4 Å². The summed E-state index contributed by atoms with van der Waals surface area (Å²) in [6.45, 7) is 6.21. The zero-order valence-electron chi connectivity index (χ0n) is 19.0. The van der Waals surface area contributed by atoms with Crippen LogP contribution in [0.2, 0.25) is 0 Å². The molecule has 1 fully saturated rings. The molecule has 4 aromatic rings. The number of aromatic nitrogens is 4. The summed E-state index contributed by atoms with van der Waals surface area (Å²) in [5.74, 6) is 2.43. The second kappa shape index (κ2) is 9.16. The summed E-state index contributed by atoms with van der Waals surface area (Å²) in [5, 5.41) is 3.92. The summed E-state index contributed by atoms with van der Waals surface area (Å²) in [4.78, 5) is 9.14. The minimum atomic E-state index is -3.59. The normalized spacial score (nSPS) is 15.1. The van der Waals surface area contributed by atoms with Crippen LogP contribution in [0.1, 0.15) is 18.6 Å². The van der Waals surface area contributed by atoms with Gasteiger partial charge in [0.1, 0.15) is 18.2 Å². The predicted molar refractivity (Wildman–Crippen MR) is 124 cm³/mol. The molecule has 0 bridgehead atoms. The number of ether oxygens (including phenoxy) is 2. The molecule has 0 radical (unpaired) electrons. The van der Waals surface area contributed by atoms with E-state index in [2.05, 4.69) is 15.1 Å². The Morgan fingerprint density at radius 1 is 1.06 bits per heavy atom. The van der Waals surface area contributed by atoms with Crippen LogP contribution in [0, 0.1) is 6.92 Å². The van der Waals surface area contributed by atoms with Crippen molar-refractivity contribution in [2.45, 2.75) is 31.9 Å². The van der Waals surface area contributed by atoms with Gasteiger partial charge in [-0.25, -0.2) is 13.4 Å². The van der Waals surface area contributed by atoms with Gasteiger partial charge in [0.2, 0.25) is 21.7 Å². The van der Waals surface area contributed by atoms with Crippen molar-refractivity contribution in [2.24, 2.45) is 0 Å². The number of rotatable bonds is 7. The minimum absolute atomic E-state index is 0.238. The minimum Gasteiger partial charge on any atom is -0.486 e. The first kappa shape index (κ1) is 22.5. The van der Waals surface area contributed by atoms with E-state index in [0.29, 0.717) is 55.8 Å². The van der Waals surface area contributed by atoms with E-state index in [9.17, 15) is 8.42 Å². The molecule has 5 rings (SSSR count). The molecule has 1 aliphatic heterocycles. The molecule has 10 nitrogen and oxygen atoms in total. The highest BCUT2D eigenvalue weighted by Crippen LogP contribution is 2.25. The number of benzene rings is 2. The molecule has 0 amide bonds. The largest absolute Gasteiger partial charge is 0.486 e. The maximum Gasteiger partial charge on any atom is 0.243 e. The second-order valence-corrected chi connectivity index (χ2v) is 9.83. The fourth-order valence-electron chi connectivity index (χ4n) is 3.98. The van der Waals surface area contributed by atoms with Crippen molar-refractivity contribution in [3.05, 3.63) is 54.2 Å². The number of hydrogen-bond donors (Lipinski definition) is 0. The van der Waals surface area contributed by atoms with Crippen LogP contribution in [-0.2, 0) is 27.9 Å². The SMILES string of the molecule is CCn1c(COc2ccc(-c3noc(C)n3)cc2)nc2cc(S(=O)(=O)N3CCOCC3)ccc21. The Kier molecular flexibility index (Phi) is 6.07. The van der Waals surface area contributed by atoms with Crippen molar-refractivity contribution in [3.63, 3.8) is 0 Å². The zero-order chi connectivity index (χ0) is 23.7. The van der Waals surface area contributed by atoms with E-state index in [1.54, 1.807) is 19.1 Å². The highest BCUT2D eigenvalue weighted by molar-refractivity contribution is 7.89. The van der Waals surface area contributed by atoms with Gasteiger partial charge in [0, 0.05) is 32.1 Å². The third kappa shape index (κ3) is 4.29. The summed E-state index contributed by atoms with van der Waals surface area (Å²) < 4.78 is 45.8. The molecule has 2 aromatic carbocycles. The van der Waals surface area contributed by atoms with Crippen LogP contribution in [0.5, 0.6) is 5.75 Å². The Morgan fingerprint density at radius 2 is 1.82 bits per heavy atom. The molecule has 0 saturated carbocycles. The third-order valence-electron chi connectivity index (χ3n) is 5.73. The van der Waals surface area contributed by atoms with Gasteiger partial charge in [-0.15, -0.1) is 0 Å². The molecule has 3 heterocycles. The van der Waals surface area contributed by atoms with Crippen LogP contribution >= 0.6 is 0 Å². The summed E-state index contributed by atoms with van der Waals surface area (Å²) in [6.07, 6.45) is 0. The van der Waals surface area contributed by atoms with Crippen molar-refractivity contribution in [1.29, 1.82) is 0 Å². The molecule has 0 unspecified atom stereocenters. The maximum atomic E-state index is 13.0. The average molecular weight is 484 g/mol. The molecule has 0 spiro atoms. The quantitative estimate of drug-likeness (QED) is 0.394. The maximum absolute atomic E-state index is 13.0. The van der Waals surface area contributed by atoms with Crippen molar-refractivity contribution in [2.75, 3.05) is 26.3 Å². The highest BCUT2D eigenvalue weighted by Gasteiger charge is 2.27. The molecular weight excluding hydrogens is 458 g/mol. The zero-order valence-corrected chi connectivity index (χ0v) is 19.8. The van der Waals surface area contributed by atoms with E-state index in [1.165, 1.54) is 4.31 Å². The van der Waals surface area contributed by atoms with Crippen LogP contribution in [-0.4, -0.2) is 58.7 Å². The van der Waals surface area contributed by atoms with Crippen molar-refractivity contribution < 1.29 is 22.4 Å². The Balaban J connectivity index is 1.36. The molecular formula is C23H25N5O5S. The second-order valence-electron chi connectivity index (χ2n) is 7.89. The van der Waals surface area contributed by atoms with Crippen molar-refractivity contribution in [1.82, 2.24) is 24.0 Å². The molecule has 1 saturated heterocycles. The highest BCUT2D eigenvalue weighted by atomic mass is 32.2. The number of sulfonamides is 1. The van der Waals surface area contributed by atoms with Gasteiger partial charge in [0.05, 0.1) is 29.1 Å².